The number of halogens is 1. The highest BCUT2D eigenvalue weighted by molar-refractivity contribution is 6.30. The van der Waals surface area contributed by atoms with E-state index in [1.807, 2.05) is 22.8 Å². The Hall–Kier alpha value is -6.19. The van der Waals surface area contributed by atoms with Crippen LogP contribution < -0.4 is 5.32 Å². The number of aliphatic hydroxyl groups excluding tert-OH is 1. The quantitative estimate of drug-likeness (QED) is 0.0714. The van der Waals surface area contributed by atoms with Crippen molar-refractivity contribution >= 4 is 29.2 Å². The molecule has 0 fully saturated rings. The van der Waals surface area contributed by atoms with E-state index in [9.17, 15) is 24.8 Å². The summed E-state index contributed by atoms with van der Waals surface area (Å²) in [6.07, 6.45) is 2.95. The minimum absolute atomic E-state index is 0.128. The largest absolute Gasteiger partial charge is 0.466 e. The summed E-state index contributed by atoms with van der Waals surface area (Å²) in [7, 11) is 2.42. The van der Waals surface area contributed by atoms with Crippen molar-refractivity contribution in [2.75, 3.05) is 14.2 Å². The predicted molar refractivity (Wildman–Crippen MR) is 204 cm³/mol. The standard InChI is InChI=1S/C22H23ClN6O.C17H18N2O6/c1-2-3-8-20-24-21(23)19(14-30)29(20)13-15-9-11-16(12-10-15)17-6-4-5-7-18(17)22-25-27-28-26-22;1-9-13(16(20)24-3)15(14(10(2)18-9)17(21)25-4)11-7-5-6-8-12(11)19(22)23/h4-7,9-12,30H,2-3,8,13-14H2,1H3,(H,25,26,27,28);5-8,15,18H,1-4H3. The van der Waals surface area contributed by atoms with Crippen molar-refractivity contribution in [3.05, 3.63) is 133 Å². The van der Waals surface area contributed by atoms with Crippen LogP contribution in [0.15, 0.2) is 95.3 Å². The summed E-state index contributed by atoms with van der Waals surface area (Å²) in [5.74, 6) is -0.777. The minimum Gasteiger partial charge on any atom is -0.466 e. The Morgan fingerprint density at radius 1 is 0.945 bits per heavy atom. The number of unbranched alkanes of at least 4 members (excludes halogenated alkanes) is 1. The first-order valence-corrected chi connectivity index (χ1v) is 17.8. The van der Waals surface area contributed by atoms with Gasteiger partial charge in [0.1, 0.15) is 5.82 Å². The summed E-state index contributed by atoms with van der Waals surface area (Å²) in [5.41, 5.74) is 6.03. The molecule has 0 atom stereocenters. The SMILES string of the molecule is CCCCc1nc(Cl)c(CO)n1Cc1ccc(-c2ccccc2-c2nnn[nH]2)cc1.COC(=O)C1=C(C)NC(C)=C(C(=O)OC)C1c1ccccc1[N+](=O)[O-]. The van der Waals surface area contributed by atoms with Crippen LogP contribution >= 0.6 is 11.6 Å². The van der Waals surface area contributed by atoms with E-state index in [2.05, 4.69) is 68.2 Å². The van der Waals surface area contributed by atoms with Gasteiger partial charge >= 0.3 is 11.9 Å². The number of methoxy groups -OCH3 is 2. The molecule has 5 aromatic rings. The van der Waals surface area contributed by atoms with Crippen molar-refractivity contribution in [3.63, 3.8) is 0 Å². The number of allylic oxidation sites excluding steroid dienone is 2. The molecule has 0 saturated carbocycles. The third kappa shape index (κ3) is 8.79. The van der Waals surface area contributed by atoms with Gasteiger partial charge in [-0.05, 0) is 47.4 Å². The number of hydrogen-bond donors (Lipinski definition) is 3. The van der Waals surface area contributed by atoms with Gasteiger partial charge in [0, 0.05) is 41.6 Å². The molecule has 3 heterocycles. The monoisotopic (exact) mass is 768 g/mol. The highest BCUT2D eigenvalue weighted by Crippen LogP contribution is 2.42. The van der Waals surface area contributed by atoms with E-state index in [-0.39, 0.29) is 29.0 Å². The smallest absolute Gasteiger partial charge is 0.336 e. The van der Waals surface area contributed by atoms with Crippen molar-refractivity contribution in [1.82, 2.24) is 35.5 Å². The zero-order valence-corrected chi connectivity index (χ0v) is 31.8. The molecule has 0 amide bonds. The lowest BCUT2D eigenvalue weighted by molar-refractivity contribution is -0.385. The van der Waals surface area contributed by atoms with E-state index < -0.39 is 22.8 Å². The summed E-state index contributed by atoms with van der Waals surface area (Å²) in [5, 5.41) is 38.8. The first-order valence-electron chi connectivity index (χ1n) is 17.4. The molecule has 15 nitrogen and oxygen atoms in total. The number of rotatable bonds is 12. The summed E-state index contributed by atoms with van der Waals surface area (Å²) in [6, 6.07) is 22.3. The minimum atomic E-state index is -0.970. The highest BCUT2D eigenvalue weighted by Gasteiger charge is 2.40. The molecule has 0 unspecified atom stereocenters. The predicted octanol–water partition coefficient (Wildman–Crippen LogP) is 6.44. The number of aryl methyl sites for hydroxylation is 1. The van der Waals surface area contributed by atoms with E-state index in [1.54, 1.807) is 19.9 Å². The number of imidazole rings is 1. The molecule has 16 heteroatoms. The summed E-state index contributed by atoms with van der Waals surface area (Å²) in [4.78, 5) is 40.0. The van der Waals surface area contributed by atoms with Crippen molar-refractivity contribution < 1.29 is 29.1 Å². The highest BCUT2D eigenvalue weighted by atomic mass is 35.5. The lowest BCUT2D eigenvalue weighted by Gasteiger charge is -2.29. The number of benzene rings is 3. The van der Waals surface area contributed by atoms with Crippen LogP contribution in [0.1, 0.15) is 62.2 Å². The molecule has 0 saturated heterocycles. The lowest BCUT2D eigenvalue weighted by Crippen LogP contribution is -2.32. The molecule has 286 valence electrons. The average molecular weight is 769 g/mol. The number of para-hydroxylation sites is 1. The van der Waals surface area contributed by atoms with Gasteiger partial charge in [-0.25, -0.2) is 19.7 Å². The van der Waals surface area contributed by atoms with Crippen LogP contribution in [-0.4, -0.2) is 66.4 Å². The topological polar surface area (TPSA) is 200 Å². The number of tetrazole rings is 1. The van der Waals surface area contributed by atoms with Gasteiger partial charge < -0.3 is 24.5 Å². The Bertz CT molecular complexity index is 2190. The number of carbonyl (C=O) groups is 2. The van der Waals surface area contributed by atoms with Crippen molar-refractivity contribution in [1.29, 1.82) is 0 Å². The van der Waals surface area contributed by atoms with Gasteiger partial charge in [-0.1, -0.05) is 91.7 Å². The Morgan fingerprint density at radius 2 is 1.56 bits per heavy atom. The number of hydrogen-bond acceptors (Lipinski definition) is 12. The van der Waals surface area contributed by atoms with Crippen LogP contribution in [0.3, 0.4) is 0 Å². The zero-order chi connectivity index (χ0) is 39.6. The van der Waals surface area contributed by atoms with Gasteiger partial charge in [0.25, 0.3) is 5.69 Å². The molecule has 3 aromatic carbocycles. The molecule has 1 aliphatic rings. The number of esters is 2. The van der Waals surface area contributed by atoms with Gasteiger partial charge in [0.15, 0.2) is 11.0 Å². The maximum absolute atomic E-state index is 12.3. The van der Waals surface area contributed by atoms with E-state index in [1.165, 1.54) is 32.4 Å². The number of nitrogens with zero attached hydrogens (tertiary/aromatic N) is 6. The number of nitro groups is 1. The normalized spacial score (nSPS) is 12.9. The maximum Gasteiger partial charge on any atom is 0.336 e. The molecule has 0 radical (unpaired) electrons. The fourth-order valence-corrected chi connectivity index (χ4v) is 6.78. The third-order valence-electron chi connectivity index (χ3n) is 9.16. The number of aliphatic hydroxyl groups is 1. The number of aromatic amines is 1. The molecule has 2 aromatic heterocycles. The van der Waals surface area contributed by atoms with Crippen molar-refractivity contribution in [2.45, 2.75) is 59.1 Å². The first-order chi connectivity index (χ1) is 26.5. The van der Waals surface area contributed by atoms with Crippen LogP contribution in [0.25, 0.3) is 22.5 Å². The van der Waals surface area contributed by atoms with Crippen LogP contribution in [0.2, 0.25) is 5.15 Å². The molecule has 1 aliphatic heterocycles. The van der Waals surface area contributed by atoms with Crippen LogP contribution in [0, 0.1) is 10.1 Å². The fraction of sp³-hybridized carbons (Fsp3) is 0.282. The Kier molecular flexibility index (Phi) is 13.3. The molecule has 0 spiro atoms. The van der Waals surface area contributed by atoms with Crippen molar-refractivity contribution in [2.24, 2.45) is 0 Å². The number of aromatic nitrogens is 6. The van der Waals surface area contributed by atoms with Crippen molar-refractivity contribution in [3.8, 4) is 22.5 Å². The second kappa shape index (κ2) is 18.2. The summed E-state index contributed by atoms with van der Waals surface area (Å²) < 4.78 is 11.7. The summed E-state index contributed by atoms with van der Waals surface area (Å²) in [6.45, 7) is 5.92. The van der Waals surface area contributed by atoms with Crippen LogP contribution in [-0.2, 0) is 38.6 Å². The molecule has 0 aliphatic carbocycles. The average Bonchev–Trinajstić information content (AvgIpc) is 3.84. The summed E-state index contributed by atoms with van der Waals surface area (Å²) >= 11 is 6.26. The molecule has 3 N–H and O–H groups in total. The van der Waals surface area contributed by atoms with Gasteiger partial charge in [0.2, 0.25) is 0 Å². The Balaban J connectivity index is 0.000000215. The van der Waals surface area contributed by atoms with Crippen LogP contribution in [0.5, 0.6) is 0 Å². The number of H-pyrrole nitrogens is 1. The van der Waals surface area contributed by atoms with Gasteiger partial charge in [-0.15, -0.1) is 5.10 Å². The van der Waals surface area contributed by atoms with Crippen LogP contribution in [0.4, 0.5) is 5.69 Å². The number of carbonyl (C=O) groups excluding carboxylic acids is 2. The number of nitro benzene ring substituents is 1. The molecular weight excluding hydrogens is 728 g/mol. The number of nitrogens with one attached hydrogen (secondary N) is 2. The Morgan fingerprint density at radius 3 is 2.13 bits per heavy atom. The maximum atomic E-state index is 12.3. The fourth-order valence-electron chi connectivity index (χ4n) is 6.52. The van der Waals surface area contributed by atoms with Gasteiger partial charge in [-0.3, -0.25) is 10.1 Å². The number of dihydropyridines is 1. The second-order valence-electron chi connectivity index (χ2n) is 12.5. The molecule has 55 heavy (non-hydrogen) atoms. The second-order valence-corrected chi connectivity index (χ2v) is 12.9. The van der Waals surface area contributed by atoms with Gasteiger partial charge in [0.05, 0.1) is 48.5 Å². The molecule has 0 bridgehead atoms. The Labute approximate surface area is 322 Å². The van der Waals surface area contributed by atoms with E-state index >= 15 is 0 Å². The number of ether oxygens (including phenoxy) is 2. The molecule has 6 rings (SSSR count). The van der Waals surface area contributed by atoms with Gasteiger partial charge in [-0.2, -0.15) is 0 Å². The zero-order valence-electron chi connectivity index (χ0n) is 31.0. The first kappa shape index (κ1) is 40.0. The third-order valence-corrected chi connectivity index (χ3v) is 9.46. The van der Waals surface area contributed by atoms with E-state index in [0.29, 0.717) is 34.6 Å². The molecular formula is C39H41ClN8O7. The lowest BCUT2D eigenvalue weighted by atomic mass is 9.79. The van der Waals surface area contributed by atoms with E-state index in [4.69, 9.17) is 21.1 Å². The van der Waals surface area contributed by atoms with E-state index in [0.717, 1.165) is 47.3 Å².